The molecule has 0 bridgehead atoms. The lowest BCUT2D eigenvalue weighted by Gasteiger charge is -2.31. The van der Waals surface area contributed by atoms with Crippen molar-refractivity contribution in [3.63, 3.8) is 0 Å². The molecular formula is C21H20ClF3N4O. The molecule has 1 fully saturated rings. The van der Waals surface area contributed by atoms with Crippen molar-refractivity contribution in [1.29, 1.82) is 0 Å². The van der Waals surface area contributed by atoms with Gasteiger partial charge in [-0.2, -0.15) is 18.3 Å². The van der Waals surface area contributed by atoms with Gasteiger partial charge in [0.2, 0.25) is 0 Å². The van der Waals surface area contributed by atoms with Gasteiger partial charge in [0, 0.05) is 36.4 Å². The number of nitrogens with zero attached hydrogens (tertiary/aromatic N) is 2. The summed E-state index contributed by atoms with van der Waals surface area (Å²) in [6, 6.07) is 8.89. The highest BCUT2D eigenvalue weighted by Gasteiger charge is 2.31. The van der Waals surface area contributed by atoms with Crippen molar-refractivity contribution in [1.82, 2.24) is 10.2 Å². The maximum absolute atomic E-state index is 13.3. The smallest absolute Gasteiger partial charge is 0.381 e. The number of H-pyrrole nitrogens is 1. The summed E-state index contributed by atoms with van der Waals surface area (Å²) in [4.78, 5) is 14.0. The molecule has 30 heavy (non-hydrogen) atoms. The second-order valence-corrected chi connectivity index (χ2v) is 7.70. The predicted molar refractivity (Wildman–Crippen MR) is 112 cm³/mol. The third-order valence-electron chi connectivity index (χ3n) is 5.33. The molecule has 1 aromatic heterocycles. The molecule has 9 heteroatoms. The van der Waals surface area contributed by atoms with Crippen molar-refractivity contribution < 1.29 is 13.2 Å². The number of anilines is 2. The minimum Gasteiger partial charge on any atom is -0.381 e. The number of piperidine rings is 1. The lowest BCUT2D eigenvalue weighted by molar-refractivity contribution is -0.137. The molecule has 5 nitrogen and oxygen atoms in total. The predicted octanol–water partition coefficient (Wildman–Crippen LogP) is 5.20. The van der Waals surface area contributed by atoms with Crippen molar-refractivity contribution >= 4 is 33.7 Å². The number of hydrogen-bond donors (Lipinski definition) is 2. The molecule has 0 radical (unpaired) electrons. The topological polar surface area (TPSA) is 61.0 Å². The van der Waals surface area contributed by atoms with Crippen LogP contribution >= 0.6 is 11.6 Å². The van der Waals surface area contributed by atoms with Crippen molar-refractivity contribution in [2.45, 2.75) is 32.0 Å². The fourth-order valence-corrected chi connectivity index (χ4v) is 3.99. The summed E-state index contributed by atoms with van der Waals surface area (Å²) in [5.41, 5.74) is 0.997. The summed E-state index contributed by atoms with van der Waals surface area (Å²) < 4.78 is 39.8. The zero-order valence-electron chi connectivity index (χ0n) is 16.0. The quantitative estimate of drug-likeness (QED) is 0.590. The van der Waals surface area contributed by atoms with Crippen LogP contribution in [0.25, 0.3) is 10.8 Å². The number of halogens is 4. The monoisotopic (exact) mass is 436 g/mol. The largest absolute Gasteiger partial charge is 0.416 e. The number of aromatic amines is 1. The molecule has 1 aliphatic heterocycles. The summed E-state index contributed by atoms with van der Waals surface area (Å²) in [5.74, 6) is 0. The SMILES string of the molecule is O=c1[nH]nc(Cl)c2cc(NCc3cc(C(F)(F)F)ccc3N3CCCCC3)ccc12. The van der Waals surface area contributed by atoms with Gasteiger partial charge in [0.05, 0.1) is 10.9 Å². The first-order valence-corrected chi connectivity index (χ1v) is 10.1. The van der Waals surface area contributed by atoms with Crippen molar-refractivity contribution in [3.05, 3.63) is 63.0 Å². The Morgan fingerprint density at radius 2 is 1.83 bits per heavy atom. The highest BCUT2D eigenvalue weighted by Crippen LogP contribution is 2.34. The molecule has 3 aromatic rings. The van der Waals surface area contributed by atoms with Crippen LogP contribution in [0, 0.1) is 0 Å². The normalized spacial score (nSPS) is 14.9. The van der Waals surface area contributed by atoms with Crippen LogP contribution in [0.15, 0.2) is 41.2 Å². The highest BCUT2D eigenvalue weighted by molar-refractivity contribution is 6.34. The Morgan fingerprint density at radius 1 is 1.07 bits per heavy atom. The number of alkyl halides is 3. The molecule has 0 aliphatic carbocycles. The van der Waals surface area contributed by atoms with Gasteiger partial charge in [0.15, 0.2) is 5.15 Å². The Labute approximate surface area is 175 Å². The van der Waals surface area contributed by atoms with E-state index in [2.05, 4.69) is 20.4 Å². The zero-order chi connectivity index (χ0) is 21.3. The second kappa shape index (κ2) is 8.18. The van der Waals surface area contributed by atoms with E-state index in [0.717, 1.165) is 44.1 Å². The summed E-state index contributed by atoms with van der Waals surface area (Å²) >= 11 is 6.08. The van der Waals surface area contributed by atoms with Crippen LogP contribution in [0.4, 0.5) is 24.5 Å². The Bertz CT molecular complexity index is 1120. The minimum absolute atomic E-state index is 0.154. The van der Waals surface area contributed by atoms with Crippen molar-refractivity contribution in [2.75, 3.05) is 23.3 Å². The van der Waals surface area contributed by atoms with E-state index in [4.69, 9.17) is 11.6 Å². The third-order valence-corrected chi connectivity index (χ3v) is 5.62. The minimum atomic E-state index is -4.40. The molecule has 2 heterocycles. The number of nitrogens with one attached hydrogen (secondary N) is 2. The Hall–Kier alpha value is -2.74. The van der Waals surface area contributed by atoms with Gasteiger partial charge in [-0.3, -0.25) is 4.79 Å². The van der Waals surface area contributed by atoms with Crippen LogP contribution in [0.3, 0.4) is 0 Å². The third kappa shape index (κ3) is 4.23. The molecule has 0 amide bonds. The first-order chi connectivity index (χ1) is 14.3. The van der Waals surface area contributed by atoms with Gasteiger partial charge in [-0.05, 0) is 61.2 Å². The van der Waals surface area contributed by atoms with Gasteiger partial charge in [0.25, 0.3) is 5.56 Å². The van der Waals surface area contributed by atoms with Gasteiger partial charge in [0.1, 0.15) is 0 Å². The molecule has 0 saturated carbocycles. The van der Waals surface area contributed by atoms with Gasteiger partial charge in [-0.15, -0.1) is 0 Å². The fraction of sp³-hybridized carbons (Fsp3) is 0.333. The van der Waals surface area contributed by atoms with Gasteiger partial charge in [-0.25, -0.2) is 5.10 Å². The standard InChI is InChI=1S/C21H20ClF3N4O/c22-19-17-11-15(5-6-16(17)20(30)28-27-19)26-12-13-10-14(21(23,24)25)4-7-18(13)29-8-2-1-3-9-29/h4-7,10-11,26H,1-3,8-9,12H2,(H,28,30). The second-order valence-electron chi connectivity index (χ2n) is 7.35. The van der Waals surface area contributed by atoms with E-state index in [-0.39, 0.29) is 17.3 Å². The molecule has 0 spiro atoms. The Kier molecular flexibility index (Phi) is 5.60. The summed E-state index contributed by atoms with van der Waals surface area (Å²) in [6.45, 7) is 1.87. The summed E-state index contributed by atoms with van der Waals surface area (Å²) in [5, 5.41) is 10.3. The lowest BCUT2D eigenvalue weighted by atomic mass is 10.0. The van der Waals surface area contributed by atoms with E-state index in [9.17, 15) is 18.0 Å². The van der Waals surface area contributed by atoms with Gasteiger partial charge >= 0.3 is 6.18 Å². The van der Waals surface area contributed by atoms with Crippen LogP contribution in [0.5, 0.6) is 0 Å². The van der Waals surface area contributed by atoms with E-state index in [1.54, 1.807) is 24.3 Å². The van der Waals surface area contributed by atoms with E-state index in [1.165, 1.54) is 6.07 Å². The molecule has 158 valence electrons. The fourth-order valence-electron chi connectivity index (χ4n) is 3.79. The van der Waals surface area contributed by atoms with E-state index in [1.807, 2.05) is 0 Å². The van der Waals surface area contributed by atoms with Crippen LogP contribution in [0.1, 0.15) is 30.4 Å². The lowest BCUT2D eigenvalue weighted by Crippen LogP contribution is -2.30. The van der Waals surface area contributed by atoms with Crippen LogP contribution in [0.2, 0.25) is 5.15 Å². The Balaban J connectivity index is 1.65. The van der Waals surface area contributed by atoms with Crippen LogP contribution in [-0.4, -0.2) is 23.3 Å². The molecule has 2 aromatic carbocycles. The zero-order valence-corrected chi connectivity index (χ0v) is 16.8. The highest BCUT2D eigenvalue weighted by atomic mass is 35.5. The van der Waals surface area contributed by atoms with E-state index < -0.39 is 11.7 Å². The molecule has 0 atom stereocenters. The van der Waals surface area contributed by atoms with Gasteiger partial charge < -0.3 is 10.2 Å². The number of fused-ring (bicyclic) bond motifs is 1. The van der Waals surface area contributed by atoms with Crippen LogP contribution in [-0.2, 0) is 12.7 Å². The van der Waals surface area contributed by atoms with E-state index in [0.29, 0.717) is 22.0 Å². The number of benzene rings is 2. The first-order valence-electron chi connectivity index (χ1n) is 9.70. The van der Waals surface area contributed by atoms with Crippen molar-refractivity contribution in [3.8, 4) is 0 Å². The maximum atomic E-state index is 13.3. The molecule has 0 unspecified atom stereocenters. The van der Waals surface area contributed by atoms with Crippen LogP contribution < -0.4 is 15.8 Å². The number of rotatable bonds is 4. The molecule has 4 rings (SSSR count). The molecular weight excluding hydrogens is 417 g/mol. The Morgan fingerprint density at radius 3 is 2.57 bits per heavy atom. The first kappa shape index (κ1) is 20.5. The van der Waals surface area contributed by atoms with E-state index >= 15 is 0 Å². The number of aromatic nitrogens is 2. The molecule has 1 saturated heterocycles. The molecule has 2 N–H and O–H groups in total. The van der Waals surface area contributed by atoms with Crippen molar-refractivity contribution in [2.24, 2.45) is 0 Å². The number of hydrogen-bond acceptors (Lipinski definition) is 4. The summed E-state index contributed by atoms with van der Waals surface area (Å²) in [6.07, 6.45) is -1.22. The van der Waals surface area contributed by atoms with Gasteiger partial charge in [-0.1, -0.05) is 11.6 Å². The summed E-state index contributed by atoms with van der Waals surface area (Å²) in [7, 11) is 0. The average Bonchev–Trinajstić information content (AvgIpc) is 2.75. The molecule has 1 aliphatic rings. The maximum Gasteiger partial charge on any atom is 0.416 e. The average molecular weight is 437 g/mol.